The average Bonchev–Trinajstić information content (AvgIpc) is 3.47. The maximum absolute atomic E-state index is 13.4. The molecule has 8 heteroatoms. The van der Waals surface area contributed by atoms with E-state index >= 15 is 0 Å². The number of methoxy groups -OCH3 is 1. The van der Waals surface area contributed by atoms with E-state index in [1.54, 1.807) is 22.9 Å². The van der Waals surface area contributed by atoms with E-state index in [0.717, 1.165) is 18.4 Å². The molecule has 0 N–H and O–H groups in total. The number of ketones is 1. The van der Waals surface area contributed by atoms with Gasteiger partial charge in [0.15, 0.2) is 5.78 Å². The molecule has 1 fully saturated rings. The minimum absolute atomic E-state index is 0.0374. The molecule has 1 saturated carbocycles. The minimum atomic E-state index is -3.10. The first-order valence-corrected chi connectivity index (χ1v) is 11.6. The molecular weight excluding hydrogens is 452 g/mol. The number of fused-ring (bicyclic) bond motifs is 1. The van der Waals surface area contributed by atoms with Crippen LogP contribution in [0.2, 0.25) is 0 Å². The molecule has 184 valence electrons. The van der Waals surface area contributed by atoms with Gasteiger partial charge >= 0.3 is 6.61 Å². The highest BCUT2D eigenvalue weighted by Crippen LogP contribution is 2.55. The monoisotopic (exact) mass is 481 g/mol. The second-order valence-electron chi connectivity index (χ2n) is 10.1. The molecule has 0 spiro atoms. The van der Waals surface area contributed by atoms with Gasteiger partial charge in [-0.25, -0.2) is 4.98 Å². The zero-order valence-corrected chi connectivity index (χ0v) is 20.6. The Labute approximate surface area is 203 Å². The Bertz CT molecular complexity index is 1320. The number of alkyl halides is 2. The van der Waals surface area contributed by atoms with E-state index in [-0.39, 0.29) is 34.7 Å². The van der Waals surface area contributed by atoms with Crippen molar-refractivity contribution in [2.24, 2.45) is 11.3 Å². The molecule has 0 atom stereocenters. The van der Waals surface area contributed by atoms with Crippen LogP contribution in [0.1, 0.15) is 62.9 Å². The Morgan fingerprint density at radius 2 is 1.94 bits per heavy atom. The Morgan fingerprint density at radius 3 is 2.51 bits per heavy atom. The molecule has 35 heavy (non-hydrogen) atoms. The minimum Gasteiger partial charge on any atom is -0.496 e. The summed E-state index contributed by atoms with van der Waals surface area (Å²) in [5.74, 6) is 0.0120. The smallest absolute Gasteiger partial charge is 0.387 e. The fourth-order valence-corrected chi connectivity index (χ4v) is 4.54. The van der Waals surface area contributed by atoms with Crippen LogP contribution >= 0.6 is 0 Å². The van der Waals surface area contributed by atoms with Crippen LogP contribution in [0.5, 0.6) is 11.5 Å². The summed E-state index contributed by atoms with van der Waals surface area (Å²) < 4.78 is 38.9. The van der Waals surface area contributed by atoms with E-state index in [1.807, 2.05) is 26.0 Å². The van der Waals surface area contributed by atoms with Gasteiger partial charge in [0.25, 0.3) is 0 Å². The first-order valence-electron chi connectivity index (χ1n) is 11.6. The van der Waals surface area contributed by atoms with Crippen LogP contribution in [0, 0.1) is 22.7 Å². The van der Waals surface area contributed by atoms with Crippen LogP contribution in [0.15, 0.2) is 36.7 Å². The predicted molar refractivity (Wildman–Crippen MR) is 128 cm³/mol. The molecule has 0 unspecified atom stereocenters. The SMILES string of the molecule is COc1cc(-c2cnc3cc(C(C)(C)C#N)ccn23)cc(OC(F)F)c1C(=O)CC1(C(C)C)CC1. The molecule has 1 aliphatic rings. The Balaban J connectivity index is 1.80. The molecule has 0 aliphatic heterocycles. The van der Waals surface area contributed by atoms with Crippen LogP contribution < -0.4 is 9.47 Å². The molecule has 3 aromatic rings. The lowest BCUT2D eigenvalue weighted by molar-refractivity contribution is -0.0502. The van der Waals surface area contributed by atoms with Crippen LogP contribution in [-0.4, -0.2) is 28.9 Å². The van der Waals surface area contributed by atoms with Gasteiger partial charge in [0.05, 0.1) is 30.5 Å². The van der Waals surface area contributed by atoms with Crippen molar-refractivity contribution in [3.8, 4) is 28.8 Å². The number of hydrogen-bond donors (Lipinski definition) is 0. The number of aromatic nitrogens is 2. The number of nitriles is 1. The fraction of sp³-hybridized carbons (Fsp3) is 0.444. The maximum Gasteiger partial charge on any atom is 0.387 e. The number of carbonyl (C=O) groups excluding carboxylic acids is 1. The second-order valence-corrected chi connectivity index (χ2v) is 10.1. The third-order valence-electron chi connectivity index (χ3n) is 7.22. The van der Waals surface area contributed by atoms with Gasteiger partial charge in [-0.15, -0.1) is 0 Å². The summed E-state index contributed by atoms with van der Waals surface area (Å²) in [7, 11) is 1.40. The number of Topliss-reactive ketones (excluding diaryl/α,β-unsaturated/α-hetero) is 1. The summed E-state index contributed by atoms with van der Waals surface area (Å²) in [4.78, 5) is 17.7. The van der Waals surface area contributed by atoms with Crippen molar-refractivity contribution in [1.29, 1.82) is 5.26 Å². The van der Waals surface area contributed by atoms with E-state index in [2.05, 4.69) is 24.9 Å². The van der Waals surface area contributed by atoms with E-state index in [9.17, 15) is 18.8 Å². The molecule has 0 radical (unpaired) electrons. The van der Waals surface area contributed by atoms with Crippen molar-refractivity contribution in [2.45, 2.75) is 59.0 Å². The summed E-state index contributed by atoms with van der Waals surface area (Å²) >= 11 is 0. The molecule has 1 aromatic carbocycles. The van der Waals surface area contributed by atoms with Crippen molar-refractivity contribution in [1.82, 2.24) is 9.38 Å². The molecule has 4 rings (SSSR count). The second kappa shape index (κ2) is 8.95. The number of nitrogens with zero attached hydrogens (tertiary/aromatic N) is 3. The molecule has 2 aromatic heterocycles. The highest BCUT2D eigenvalue weighted by atomic mass is 19.3. The molecular formula is C27H29F2N3O3. The van der Waals surface area contributed by atoms with Crippen molar-refractivity contribution in [3.63, 3.8) is 0 Å². The summed E-state index contributed by atoms with van der Waals surface area (Å²) in [6.07, 6.45) is 5.53. The van der Waals surface area contributed by atoms with Gasteiger partial charge in [0.2, 0.25) is 0 Å². The van der Waals surface area contributed by atoms with Crippen LogP contribution in [0.3, 0.4) is 0 Å². The van der Waals surface area contributed by atoms with Gasteiger partial charge in [0, 0.05) is 18.2 Å². The standard InChI is InChI=1S/C27H29F2N3O3/c1-16(2)27(7-8-27)13-20(33)24-21(34-5)10-17(11-22(24)35-25(28)29)19-14-31-23-12-18(6-9-32(19)23)26(3,4)15-30/h6,9-12,14,16,25H,7-8,13H2,1-5H3. The highest BCUT2D eigenvalue weighted by Gasteiger charge is 2.47. The predicted octanol–water partition coefficient (Wildman–Crippen LogP) is 6.42. The number of ether oxygens (including phenoxy) is 2. The summed E-state index contributed by atoms with van der Waals surface area (Å²) in [6.45, 7) is 4.69. The van der Waals surface area contributed by atoms with Gasteiger partial charge in [-0.1, -0.05) is 13.8 Å². The highest BCUT2D eigenvalue weighted by molar-refractivity contribution is 6.02. The summed E-state index contributed by atoms with van der Waals surface area (Å²) in [5.41, 5.74) is 1.78. The van der Waals surface area contributed by atoms with Crippen molar-refractivity contribution < 1.29 is 23.0 Å². The molecule has 2 heterocycles. The van der Waals surface area contributed by atoms with Gasteiger partial charge in [-0.3, -0.25) is 9.20 Å². The first-order chi connectivity index (χ1) is 16.5. The van der Waals surface area contributed by atoms with Gasteiger partial charge in [0.1, 0.15) is 22.7 Å². The zero-order valence-electron chi connectivity index (χ0n) is 20.6. The zero-order chi connectivity index (χ0) is 25.5. The number of rotatable bonds is 9. The first kappa shape index (κ1) is 24.6. The summed E-state index contributed by atoms with van der Waals surface area (Å²) in [6, 6.07) is 9.01. The third-order valence-corrected chi connectivity index (χ3v) is 7.22. The van der Waals surface area contributed by atoms with Gasteiger partial charge in [-0.2, -0.15) is 14.0 Å². The topological polar surface area (TPSA) is 76.6 Å². The molecule has 0 amide bonds. The lowest BCUT2D eigenvalue weighted by Gasteiger charge is -2.21. The maximum atomic E-state index is 13.4. The summed E-state index contributed by atoms with van der Waals surface area (Å²) in [5, 5.41) is 9.44. The fourth-order valence-electron chi connectivity index (χ4n) is 4.54. The molecule has 0 saturated heterocycles. The average molecular weight is 482 g/mol. The van der Waals surface area contributed by atoms with Crippen LogP contribution in [-0.2, 0) is 5.41 Å². The number of benzene rings is 1. The van der Waals surface area contributed by atoms with Gasteiger partial charge in [-0.05, 0) is 67.9 Å². The largest absolute Gasteiger partial charge is 0.496 e. The number of pyridine rings is 1. The number of imidazole rings is 1. The molecule has 0 bridgehead atoms. The Morgan fingerprint density at radius 1 is 1.26 bits per heavy atom. The van der Waals surface area contributed by atoms with Crippen molar-refractivity contribution in [2.75, 3.05) is 7.11 Å². The third kappa shape index (κ3) is 4.60. The van der Waals surface area contributed by atoms with E-state index in [1.165, 1.54) is 13.2 Å². The Hall–Kier alpha value is -3.47. The number of hydrogen-bond acceptors (Lipinski definition) is 5. The number of carbonyl (C=O) groups is 1. The van der Waals surface area contributed by atoms with Crippen molar-refractivity contribution >= 4 is 11.4 Å². The van der Waals surface area contributed by atoms with E-state index < -0.39 is 12.0 Å². The quantitative estimate of drug-likeness (QED) is 0.330. The molecule has 6 nitrogen and oxygen atoms in total. The van der Waals surface area contributed by atoms with Crippen molar-refractivity contribution in [3.05, 3.63) is 47.8 Å². The lowest BCUT2D eigenvalue weighted by atomic mass is 9.85. The normalized spacial score (nSPS) is 14.9. The number of halogens is 2. The Kier molecular flexibility index (Phi) is 6.31. The van der Waals surface area contributed by atoms with E-state index in [4.69, 9.17) is 9.47 Å². The van der Waals surface area contributed by atoms with Gasteiger partial charge < -0.3 is 9.47 Å². The lowest BCUT2D eigenvalue weighted by Crippen LogP contribution is -2.17. The van der Waals surface area contributed by atoms with E-state index in [0.29, 0.717) is 22.8 Å². The van der Waals surface area contributed by atoms with Crippen LogP contribution in [0.4, 0.5) is 8.78 Å². The molecule has 1 aliphatic carbocycles. The van der Waals surface area contributed by atoms with Crippen LogP contribution in [0.25, 0.3) is 16.9 Å².